The fourth-order valence-corrected chi connectivity index (χ4v) is 3.31. The molecule has 1 aliphatic rings. The molecule has 4 heteroatoms. The fraction of sp³-hybridized carbons (Fsp3) is 0.500. The monoisotopic (exact) mass is 265 g/mol. The zero-order valence-electron chi connectivity index (χ0n) is 10.7. The van der Waals surface area contributed by atoms with E-state index in [0.717, 1.165) is 42.3 Å². The molecule has 0 atom stereocenters. The van der Waals surface area contributed by atoms with Crippen molar-refractivity contribution in [1.29, 1.82) is 0 Å². The third-order valence-corrected chi connectivity index (χ3v) is 4.65. The van der Waals surface area contributed by atoms with Gasteiger partial charge in [-0.2, -0.15) is 0 Å². The average Bonchev–Trinajstić information content (AvgIpc) is 2.38. The maximum Gasteiger partial charge on any atom is 0.164 e. The predicted octanol–water partition coefficient (Wildman–Crippen LogP) is 1.63. The standard InChI is InChI=1S/C14H19NO2S/c1-12-4-2-3-5-13(12)14(16)6-7-15-8-10-18(17)11-9-15/h2-5H,6-11H2,1H3. The molecular formula is C14H19NO2S. The van der Waals surface area contributed by atoms with Crippen LogP contribution < -0.4 is 0 Å². The minimum atomic E-state index is -0.641. The predicted molar refractivity (Wildman–Crippen MR) is 74.4 cm³/mol. The molecule has 0 radical (unpaired) electrons. The summed E-state index contributed by atoms with van der Waals surface area (Å²) < 4.78 is 11.2. The molecule has 1 aromatic carbocycles. The van der Waals surface area contributed by atoms with E-state index in [9.17, 15) is 9.00 Å². The lowest BCUT2D eigenvalue weighted by atomic mass is 10.0. The zero-order valence-corrected chi connectivity index (χ0v) is 11.5. The second kappa shape index (κ2) is 6.25. The van der Waals surface area contributed by atoms with Crippen LogP contribution in [0.1, 0.15) is 22.3 Å². The van der Waals surface area contributed by atoms with Crippen LogP contribution in [0.3, 0.4) is 0 Å². The Hall–Kier alpha value is -1.00. The molecule has 0 spiro atoms. The van der Waals surface area contributed by atoms with Crippen LogP contribution in [0.4, 0.5) is 0 Å². The van der Waals surface area contributed by atoms with Crippen molar-refractivity contribution >= 4 is 16.6 Å². The Bertz CT molecular complexity index is 449. The molecule has 0 amide bonds. The van der Waals surface area contributed by atoms with Crippen LogP contribution in [-0.4, -0.2) is 46.0 Å². The Morgan fingerprint density at radius 1 is 1.28 bits per heavy atom. The van der Waals surface area contributed by atoms with Gasteiger partial charge in [0.1, 0.15) is 0 Å². The molecule has 0 aliphatic carbocycles. The van der Waals surface area contributed by atoms with Crippen LogP contribution in [0.2, 0.25) is 0 Å². The average molecular weight is 265 g/mol. The minimum Gasteiger partial charge on any atom is -0.301 e. The Labute approximate surface area is 111 Å². The number of hydrogen-bond acceptors (Lipinski definition) is 3. The second-order valence-corrected chi connectivity index (χ2v) is 6.37. The van der Waals surface area contributed by atoms with Gasteiger partial charge in [-0.15, -0.1) is 0 Å². The molecule has 1 heterocycles. The molecule has 1 aromatic rings. The van der Waals surface area contributed by atoms with Crippen molar-refractivity contribution in [3.05, 3.63) is 35.4 Å². The maximum absolute atomic E-state index is 12.1. The summed E-state index contributed by atoms with van der Waals surface area (Å²) in [6.07, 6.45) is 0.553. The van der Waals surface area contributed by atoms with E-state index in [1.165, 1.54) is 0 Å². The third-order valence-electron chi connectivity index (χ3n) is 3.37. The van der Waals surface area contributed by atoms with E-state index < -0.39 is 10.8 Å². The number of benzene rings is 1. The molecule has 18 heavy (non-hydrogen) atoms. The molecule has 0 aromatic heterocycles. The lowest BCUT2D eigenvalue weighted by Gasteiger charge is -2.25. The summed E-state index contributed by atoms with van der Waals surface area (Å²) in [5.41, 5.74) is 1.88. The Morgan fingerprint density at radius 3 is 2.61 bits per heavy atom. The van der Waals surface area contributed by atoms with Crippen LogP contribution in [0.5, 0.6) is 0 Å². The van der Waals surface area contributed by atoms with Gasteiger partial charge in [0.15, 0.2) is 5.78 Å². The Balaban J connectivity index is 1.85. The summed E-state index contributed by atoms with van der Waals surface area (Å²) in [6.45, 7) is 4.46. The molecule has 3 nitrogen and oxygen atoms in total. The van der Waals surface area contributed by atoms with E-state index in [4.69, 9.17) is 0 Å². The number of hydrogen-bond donors (Lipinski definition) is 0. The molecule has 1 aliphatic heterocycles. The van der Waals surface area contributed by atoms with Gasteiger partial charge in [0, 0.05) is 53.9 Å². The van der Waals surface area contributed by atoms with Crippen molar-refractivity contribution in [3.8, 4) is 0 Å². The summed E-state index contributed by atoms with van der Waals surface area (Å²) in [7, 11) is -0.641. The molecule has 0 bridgehead atoms. The van der Waals surface area contributed by atoms with Crippen LogP contribution >= 0.6 is 0 Å². The van der Waals surface area contributed by atoms with E-state index >= 15 is 0 Å². The van der Waals surface area contributed by atoms with Crippen molar-refractivity contribution in [2.75, 3.05) is 31.1 Å². The molecule has 1 saturated heterocycles. The first kappa shape index (κ1) is 13.4. The number of aryl methyl sites for hydroxylation is 1. The lowest BCUT2D eigenvalue weighted by molar-refractivity contribution is 0.0965. The molecule has 98 valence electrons. The Morgan fingerprint density at radius 2 is 1.94 bits per heavy atom. The normalized spacial score (nSPS) is 17.8. The van der Waals surface area contributed by atoms with Crippen LogP contribution in [0.25, 0.3) is 0 Å². The van der Waals surface area contributed by atoms with Crippen molar-refractivity contribution < 1.29 is 9.00 Å². The summed E-state index contributed by atoms with van der Waals surface area (Å²) >= 11 is 0. The van der Waals surface area contributed by atoms with Gasteiger partial charge in [-0.25, -0.2) is 0 Å². The van der Waals surface area contributed by atoms with E-state index in [2.05, 4.69) is 4.90 Å². The highest BCUT2D eigenvalue weighted by molar-refractivity contribution is 7.85. The van der Waals surface area contributed by atoms with E-state index in [1.54, 1.807) is 0 Å². The van der Waals surface area contributed by atoms with Crippen molar-refractivity contribution in [2.24, 2.45) is 0 Å². The van der Waals surface area contributed by atoms with Crippen molar-refractivity contribution in [2.45, 2.75) is 13.3 Å². The minimum absolute atomic E-state index is 0.208. The molecular weight excluding hydrogens is 246 g/mol. The highest BCUT2D eigenvalue weighted by Gasteiger charge is 2.16. The van der Waals surface area contributed by atoms with E-state index in [0.29, 0.717) is 6.42 Å². The molecule has 0 saturated carbocycles. The number of ketones is 1. The van der Waals surface area contributed by atoms with Crippen molar-refractivity contribution in [3.63, 3.8) is 0 Å². The number of carbonyl (C=O) groups excluding carboxylic acids is 1. The van der Waals surface area contributed by atoms with Gasteiger partial charge >= 0.3 is 0 Å². The summed E-state index contributed by atoms with van der Waals surface area (Å²) in [4.78, 5) is 14.3. The fourth-order valence-electron chi connectivity index (χ4n) is 2.18. The topological polar surface area (TPSA) is 37.4 Å². The molecule has 0 N–H and O–H groups in total. The maximum atomic E-state index is 12.1. The van der Waals surface area contributed by atoms with Crippen molar-refractivity contribution in [1.82, 2.24) is 4.90 Å². The number of carbonyl (C=O) groups is 1. The number of rotatable bonds is 4. The third kappa shape index (κ3) is 3.50. The summed E-state index contributed by atoms with van der Waals surface area (Å²) in [5, 5.41) is 0. The van der Waals surface area contributed by atoms with Gasteiger partial charge in [-0.05, 0) is 12.5 Å². The van der Waals surface area contributed by atoms with Crippen LogP contribution in [-0.2, 0) is 10.8 Å². The van der Waals surface area contributed by atoms with Gasteiger partial charge in [0.2, 0.25) is 0 Å². The van der Waals surface area contributed by atoms with E-state index in [1.807, 2.05) is 31.2 Å². The summed E-state index contributed by atoms with van der Waals surface area (Å²) in [6, 6.07) is 7.72. The second-order valence-electron chi connectivity index (χ2n) is 4.68. The number of nitrogens with zero attached hydrogens (tertiary/aromatic N) is 1. The first-order valence-corrected chi connectivity index (χ1v) is 7.82. The first-order chi connectivity index (χ1) is 8.66. The van der Waals surface area contributed by atoms with Crippen LogP contribution in [0, 0.1) is 6.92 Å². The quantitative estimate of drug-likeness (QED) is 0.777. The summed E-state index contributed by atoms with van der Waals surface area (Å²) in [5.74, 6) is 1.71. The van der Waals surface area contributed by atoms with Crippen LogP contribution in [0.15, 0.2) is 24.3 Å². The smallest absolute Gasteiger partial charge is 0.164 e. The SMILES string of the molecule is Cc1ccccc1C(=O)CCN1CCS(=O)CC1. The zero-order chi connectivity index (χ0) is 13.0. The van der Waals surface area contributed by atoms with Gasteiger partial charge in [0.25, 0.3) is 0 Å². The first-order valence-electron chi connectivity index (χ1n) is 6.33. The van der Waals surface area contributed by atoms with Gasteiger partial charge in [-0.3, -0.25) is 9.00 Å². The van der Waals surface area contributed by atoms with E-state index in [-0.39, 0.29) is 5.78 Å². The highest BCUT2D eigenvalue weighted by Crippen LogP contribution is 2.11. The molecule has 2 rings (SSSR count). The molecule has 1 fully saturated rings. The lowest BCUT2D eigenvalue weighted by Crippen LogP contribution is -2.38. The number of Topliss-reactive ketones (excluding diaryl/α,β-unsaturated/α-hetero) is 1. The molecule has 0 unspecified atom stereocenters. The van der Waals surface area contributed by atoms with Gasteiger partial charge < -0.3 is 4.90 Å². The highest BCUT2D eigenvalue weighted by atomic mass is 32.2. The Kier molecular flexibility index (Phi) is 4.66. The van der Waals surface area contributed by atoms with Gasteiger partial charge in [-0.1, -0.05) is 24.3 Å². The largest absolute Gasteiger partial charge is 0.301 e. The van der Waals surface area contributed by atoms with Gasteiger partial charge in [0.05, 0.1) is 0 Å².